The van der Waals surface area contributed by atoms with Gasteiger partial charge >= 0.3 is 0 Å². The van der Waals surface area contributed by atoms with Crippen molar-refractivity contribution in [2.45, 2.75) is 6.42 Å². The molecule has 0 aromatic heterocycles. The number of fused-ring (bicyclic) bond motifs is 1. The van der Waals surface area contributed by atoms with E-state index in [4.69, 9.17) is 0 Å². The van der Waals surface area contributed by atoms with E-state index in [1.807, 2.05) is 0 Å². The van der Waals surface area contributed by atoms with Gasteiger partial charge in [0, 0.05) is 5.92 Å². The van der Waals surface area contributed by atoms with Gasteiger partial charge in [0.15, 0.2) is 0 Å². The molecule has 1 radical (unpaired) electrons. The first-order chi connectivity index (χ1) is 3.97. The summed E-state index contributed by atoms with van der Waals surface area (Å²) in [6, 6.07) is 0. The molecule has 39 valence electrons. The maximum absolute atomic E-state index is 2.25. The summed E-state index contributed by atoms with van der Waals surface area (Å²) in [5, 5.41) is 0. The maximum atomic E-state index is 2.25. The van der Waals surface area contributed by atoms with Crippen molar-refractivity contribution in [3.8, 4) is 0 Å². The second-order valence-electron chi connectivity index (χ2n) is 2.11. The van der Waals surface area contributed by atoms with Gasteiger partial charge in [-0.2, -0.15) is 0 Å². The van der Waals surface area contributed by atoms with Crippen LogP contribution in [0.15, 0.2) is 36.0 Å². The van der Waals surface area contributed by atoms with E-state index in [0.717, 1.165) is 0 Å². The van der Waals surface area contributed by atoms with Crippen LogP contribution in [0, 0.1) is 5.92 Å². The third kappa shape index (κ3) is 0.401. The molecule has 0 aromatic rings. The Bertz CT molecular complexity index is 182. The highest BCUT2D eigenvalue weighted by Gasteiger charge is 2.17. The van der Waals surface area contributed by atoms with Gasteiger partial charge in [-0.25, -0.2) is 0 Å². The van der Waals surface area contributed by atoms with Gasteiger partial charge in [-0.05, 0) is 12.0 Å². The van der Waals surface area contributed by atoms with Gasteiger partial charge in [-0.1, -0.05) is 30.4 Å². The van der Waals surface area contributed by atoms with Crippen LogP contribution in [0.5, 0.6) is 0 Å². The predicted molar refractivity (Wildman–Crippen MR) is 34.2 cm³/mol. The van der Waals surface area contributed by atoms with Crippen molar-refractivity contribution in [2.24, 2.45) is 0 Å². The molecule has 0 heteroatoms. The minimum absolute atomic E-state index is 1.18. The fourth-order valence-electron chi connectivity index (χ4n) is 1.01. The molecule has 2 aliphatic rings. The van der Waals surface area contributed by atoms with Crippen LogP contribution in [-0.2, 0) is 0 Å². The summed E-state index contributed by atoms with van der Waals surface area (Å²) in [6.45, 7) is 0. The Balaban J connectivity index is 2.37. The molecule has 0 fully saturated rings. The molecular weight excluding hydrogens is 96.1 g/mol. The maximum Gasteiger partial charge on any atom is 0.0301 e. The molecule has 0 atom stereocenters. The number of rotatable bonds is 0. The molecule has 2 rings (SSSR count). The summed E-state index contributed by atoms with van der Waals surface area (Å²) in [4.78, 5) is 0. The Morgan fingerprint density at radius 1 is 1.12 bits per heavy atom. The monoisotopic (exact) mass is 103 g/mol. The summed E-state index contributed by atoms with van der Waals surface area (Å²) in [7, 11) is 0. The van der Waals surface area contributed by atoms with Crippen molar-refractivity contribution in [2.75, 3.05) is 0 Å². The molecule has 8 heavy (non-hydrogen) atoms. The van der Waals surface area contributed by atoms with E-state index >= 15 is 0 Å². The first kappa shape index (κ1) is 4.13. The predicted octanol–water partition coefficient (Wildman–Crippen LogP) is 2.02. The fourth-order valence-corrected chi connectivity index (χ4v) is 1.01. The third-order valence-corrected chi connectivity index (χ3v) is 1.60. The van der Waals surface area contributed by atoms with E-state index in [-0.39, 0.29) is 0 Å². The lowest BCUT2D eigenvalue weighted by Gasteiger charge is -2.22. The van der Waals surface area contributed by atoms with Crippen molar-refractivity contribution >= 4 is 0 Å². The molecule has 0 amide bonds. The van der Waals surface area contributed by atoms with Crippen LogP contribution in [0.4, 0.5) is 0 Å². The van der Waals surface area contributed by atoms with Gasteiger partial charge in [-0.15, -0.1) is 0 Å². The van der Waals surface area contributed by atoms with E-state index < -0.39 is 0 Å². The molecule has 0 saturated carbocycles. The number of hydrogen-bond donors (Lipinski definition) is 0. The van der Waals surface area contributed by atoms with Crippen LogP contribution in [0.25, 0.3) is 0 Å². The molecule has 0 spiro atoms. The third-order valence-electron chi connectivity index (χ3n) is 1.60. The van der Waals surface area contributed by atoms with E-state index in [2.05, 4.69) is 30.4 Å². The lowest BCUT2D eigenvalue weighted by atomic mass is 9.82. The van der Waals surface area contributed by atoms with Crippen molar-refractivity contribution in [3.63, 3.8) is 0 Å². The smallest absolute Gasteiger partial charge is 0.0301 e. The Hall–Kier alpha value is -0.780. The van der Waals surface area contributed by atoms with Gasteiger partial charge < -0.3 is 0 Å². The molecule has 0 aromatic carbocycles. The number of hydrogen-bond acceptors (Lipinski definition) is 0. The van der Waals surface area contributed by atoms with Crippen LogP contribution >= 0.6 is 0 Å². The highest BCUT2D eigenvalue weighted by Crippen LogP contribution is 2.33. The summed E-state index contributed by atoms with van der Waals surface area (Å²) in [5.41, 5.74) is 1.42. The van der Waals surface area contributed by atoms with Crippen LogP contribution in [0.3, 0.4) is 0 Å². The molecule has 0 bridgehead atoms. The topological polar surface area (TPSA) is 0 Å². The van der Waals surface area contributed by atoms with Gasteiger partial charge in [0.05, 0.1) is 0 Å². The standard InChI is InChI=1S/C8H7/c1-2-4-8-6-5-7(8)3-1/h1-5H,6H2. The average molecular weight is 103 g/mol. The summed E-state index contributed by atoms with van der Waals surface area (Å²) in [5.74, 6) is 1.49. The van der Waals surface area contributed by atoms with Gasteiger partial charge in [-0.3, -0.25) is 0 Å². The number of allylic oxidation sites excluding steroid dienone is 6. The molecule has 0 unspecified atom stereocenters. The molecule has 0 nitrogen and oxygen atoms in total. The SMILES string of the molecule is C1=C[C]2CC=C2C=C1. The molecule has 0 saturated heterocycles. The first-order valence-electron chi connectivity index (χ1n) is 2.88. The Morgan fingerprint density at radius 3 is 2.38 bits per heavy atom. The Kier molecular flexibility index (Phi) is 0.696. The zero-order chi connectivity index (χ0) is 5.40. The minimum atomic E-state index is 1.18. The van der Waals surface area contributed by atoms with Gasteiger partial charge in [0.2, 0.25) is 0 Å². The van der Waals surface area contributed by atoms with Crippen LogP contribution in [0.2, 0.25) is 0 Å². The van der Waals surface area contributed by atoms with E-state index in [1.54, 1.807) is 0 Å². The summed E-state index contributed by atoms with van der Waals surface area (Å²) in [6.07, 6.45) is 11.9. The zero-order valence-electron chi connectivity index (χ0n) is 4.59. The quantitative estimate of drug-likeness (QED) is 0.440. The largest absolute Gasteiger partial charge is 0.0791 e. The van der Waals surface area contributed by atoms with E-state index in [0.29, 0.717) is 0 Å². The Morgan fingerprint density at radius 2 is 2.00 bits per heavy atom. The molecule has 2 aliphatic carbocycles. The normalized spacial score (nSPS) is 24.2. The van der Waals surface area contributed by atoms with Crippen LogP contribution in [0.1, 0.15) is 6.42 Å². The van der Waals surface area contributed by atoms with Crippen molar-refractivity contribution < 1.29 is 0 Å². The molecule has 0 aliphatic heterocycles. The molecular formula is C8H7. The molecule has 0 heterocycles. The van der Waals surface area contributed by atoms with Gasteiger partial charge in [0.25, 0.3) is 0 Å². The second kappa shape index (κ2) is 1.35. The van der Waals surface area contributed by atoms with E-state index in [9.17, 15) is 0 Å². The van der Waals surface area contributed by atoms with Crippen LogP contribution < -0.4 is 0 Å². The van der Waals surface area contributed by atoms with Crippen LogP contribution in [-0.4, -0.2) is 0 Å². The van der Waals surface area contributed by atoms with Gasteiger partial charge in [0.1, 0.15) is 0 Å². The summed E-state index contributed by atoms with van der Waals surface area (Å²) < 4.78 is 0. The minimum Gasteiger partial charge on any atom is -0.0791 e. The Labute approximate surface area is 49.2 Å². The lowest BCUT2D eigenvalue weighted by molar-refractivity contribution is 1.00. The second-order valence-corrected chi connectivity index (χ2v) is 2.11. The highest BCUT2D eigenvalue weighted by atomic mass is 14.2. The lowest BCUT2D eigenvalue weighted by Crippen LogP contribution is -2.06. The highest BCUT2D eigenvalue weighted by molar-refractivity contribution is 5.53. The van der Waals surface area contributed by atoms with E-state index in [1.165, 1.54) is 17.9 Å². The average Bonchev–Trinajstić information content (AvgIpc) is 1.72. The zero-order valence-corrected chi connectivity index (χ0v) is 4.59. The first-order valence-corrected chi connectivity index (χ1v) is 2.88. The fraction of sp³-hybridized carbons (Fsp3) is 0.125. The molecule has 0 N–H and O–H groups in total. The van der Waals surface area contributed by atoms with Crippen molar-refractivity contribution in [1.29, 1.82) is 0 Å². The summed E-state index contributed by atoms with van der Waals surface area (Å²) >= 11 is 0. The van der Waals surface area contributed by atoms with Crippen molar-refractivity contribution in [1.82, 2.24) is 0 Å². The van der Waals surface area contributed by atoms with Crippen molar-refractivity contribution in [3.05, 3.63) is 41.9 Å².